The Morgan fingerprint density at radius 3 is 2.82 bits per heavy atom. The molecule has 1 atom stereocenters. The first kappa shape index (κ1) is 21.6. The van der Waals surface area contributed by atoms with Gasteiger partial charge in [0.2, 0.25) is 0 Å². The van der Waals surface area contributed by atoms with Gasteiger partial charge in [0.05, 0.1) is 24.9 Å². The number of pyridine rings is 2. The van der Waals surface area contributed by atoms with E-state index in [0.717, 1.165) is 43.0 Å². The van der Waals surface area contributed by atoms with Gasteiger partial charge in [0, 0.05) is 73.8 Å². The SMILES string of the molecule is COc1cc(OC)c(-c2cn3ccc(N4CCC(NCc5cccnc5)C4)cc3n2)cc1Cl. The molecule has 1 fully saturated rings. The van der Waals surface area contributed by atoms with Gasteiger partial charge in [-0.25, -0.2) is 4.98 Å². The molecule has 1 unspecified atom stereocenters. The van der Waals surface area contributed by atoms with Crippen molar-refractivity contribution in [2.75, 3.05) is 32.2 Å². The van der Waals surface area contributed by atoms with E-state index in [9.17, 15) is 0 Å². The highest BCUT2D eigenvalue weighted by Gasteiger charge is 2.23. The Kier molecular flexibility index (Phi) is 6.07. The molecule has 0 amide bonds. The van der Waals surface area contributed by atoms with Gasteiger partial charge < -0.3 is 24.1 Å². The zero-order valence-corrected chi connectivity index (χ0v) is 19.4. The van der Waals surface area contributed by atoms with Crippen LogP contribution in [0.4, 0.5) is 5.69 Å². The summed E-state index contributed by atoms with van der Waals surface area (Å²) in [5.74, 6) is 1.24. The predicted molar refractivity (Wildman–Crippen MR) is 130 cm³/mol. The highest BCUT2D eigenvalue weighted by molar-refractivity contribution is 6.32. The van der Waals surface area contributed by atoms with Gasteiger partial charge in [0.25, 0.3) is 0 Å². The number of aromatic nitrogens is 3. The molecule has 5 rings (SSSR count). The fraction of sp³-hybridized carbons (Fsp3) is 0.280. The Hall–Kier alpha value is -3.29. The van der Waals surface area contributed by atoms with Gasteiger partial charge in [-0.1, -0.05) is 17.7 Å². The van der Waals surface area contributed by atoms with Crippen molar-refractivity contribution in [2.24, 2.45) is 0 Å². The van der Waals surface area contributed by atoms with Crippen LogP contribution in [-0.4, -0.2) is 47.7 Å². The lowest BCUT2D eigenvalue weighted by Crippen LogP contribution is -2.32. The summed E-state index contributed by atoms with van der Waals surface area (Å²) in [7, 11) is 3.22. The van der Waals surface area contributed by atoms with Gasteiger partial charge in [-0.05, 0) is 30.2 Å². The lowest BCUT2D eigenvalue weighted by molar-refractivity contribution is 0.395. The van der Waals surface area contributed by atoms with Crippen LogP contribution in [0.25, 0.3) is 16.9 Å². The van der Waals surface area contributed by atoms with E-state index in [1.807, 2.05) is 28.9 Å². The number of imidazole rings is 1. The van der Waals surface area contributed by atoms with E-state index in [1.165, 1.54) is 11.3 Å². The molecule has 0 aliphatic carbocycles. The molecule has 1 saturated heterocycles. The predicted octanol–water partition coefficient (Wildman–Crippen LogP) is 4.44. The van der Waals surface area contributed by atoms with Crippen molar-refractivity contribution >= 4 is 22.9 Å². The van der Waals surface area contributed by atoms with Crippen LogP contribution in [0.5, 0.6) is 11.5 Å². The Bertz CT molecular complexity index is 1260. The molecule has 4 heterocycles. The maximum Gasteiger partial charge on any atom is 0.141 e. The van der Waals surface area contributed by atoms with E-state index in [0.29, 0.717) is 22.6 Å². The first-order chi connectivity index (χ1) is 16.1. The van der Waals surface area contributed by atoms with E-state index in [-0.39, 0.29) is 0 Å². The van der Waals surface area contributed by atoms with E-state index in [4.69, 9.17) is 26.1 Å². The van der Waals surface area contributed by atoms with Gasteiger partial charge >= 0.3 is 0 Å². The molecule has 0 radical (unpaired) electrons. The number of benzene rings is 1. The average Bonchev–Trinajstić information content (AvgIpc) is 3.50. The molecule has 1 aromatic carbocycles. The Balaban J connectivity index is 1.33. The summed E-state index contributed by atoms with van der Waals surface area (Å²) in [5.41, 5.74) is 4.88. The monoisotopic (exact) mass is 463 g/mol. The maximum absolute atomic E-state index is 6.37. The molecular weight excluding hydrogens is 438 g/mol. The van der Waals surface area contributed by atoms with Crippen LogP contribution in [0.1, 0.15) is 12.0 Å². The lowest BCUT2D eigenvalue weighted by Gasteiger charge is -2.19. The summed E-state index contributed by atoms with van der Waals surface area (Å²) >= 11 is 6.37. The van der Waals surface area contributed by atoms with Gasteiger partial charge in [0.1, 0.15) is 17.1 Å². The largest absolute Gasteiger partial charge is 0.496 e. The molecule has 1 aliphatic rings. The quantitative estimate of drug-likeness (QED) is 0.437. The number of methoxy groups -OCH3 is 2. The number of ether oxygens (including phenoxy) is 2. The fourth-order valence-electron chi connectivity index (χ4n) is 4.28. The van der Waals surface area contributed by atoms with Crippen LogP contribution in [-0.2, 0) is 6.54 Å². The summed E-state index contributed by atoms with van der Waals surface area (Å²) in [6, 6.07) is 12.4. The van der Waals surface area contributed by atoms with Crippen LogP contribution in [0.3, 0.4) is 0 Å². The van der Waals surface area contributed by atoms with E-state index < -0.39 is 0 Å². The van der Waals surface area contributed by atoms with Crippen LogP contribution < -0.4 is 19.7 Å². The van der Waals surface area contributed by atoms with Gasteiger partial charge in [-0.2, -0.15) is 0 Å². The minimum Gasteiger partial charge on any atom is -0.496 e. The second-order valence-electron chi connectivity index (χ2n) is 8.14. The fourth-order valence-corrected chi connectivity index (χ4v) is 4.52. The van der Waals surface area contributed by atoms with Crippen LogP contribution in [0, 0.1) is 0 Å². The van der Waals surface area contributed by atoms with Crippen LogP contribution >= 0.6 is 11.6 Å². The first-order valence-corrected chi connectivity index (χ1v) is 11.3. The molecule has 0 bridgehead atoms. The zero-order valence-electron chi connectivity index (χ0n) is 18.7. The summed E-state index contributed by atoms with van der Waals surface area (Å²) < 4.78 is 12.9. The second-order valence-corrected chi connectivity index (χ2v) is 8.54. The zero-order chi connectivity index (χ0) is 22.8. The summed E-state index contributed by atoms with van der Waals surface area (Å²) in [6.07, 6.45) is 8.86. The minimum atomic E-state index is 0.447. The van der Waals surface area contributed by atoms with E-state index in [1.54, 1.807) is 26.5 Å². The molecule has 8 heteroatoms. The van der Waals surface area contributed by atoms with Crippen molar-refractivity contribution in [3.63, 3.8) is 0 Å². The Labute approximate surface area is 197 Å². The molecule has 0 saturated carbocycles. The van der Waals surface area contributed by atoms with Crippen molar-refractivity contribution < 1.29 is 9.47 Å². The third-order valence-electron chi connectivity index (χ3n) is 6.06. The minimum absolute atomic E-state index is 0.447. The third kappa shape index (κ3) is 4.47. The Morgan fingerprint density at radius 1 is 1.15 bits per heavy atom. The van der Waals surface area contributed by atoms with E-state index in [2.05, 4.69) is 39.6 Å². The maximum atomic E-state index is 6.37. The number of anilines is 1. The van der Waals surface area contributed by atoms with Gasteiger partial charge in [0.15, 0.2) is 0 Å². The standard InChI is InChI=1S/C25H26ClN5O2/c1-32-23-12-24(33-2)21(26)11-20(23)22-16-31-9-6-19(10-25(31)29-22)30-8-5-18(15-30)28-14-17-4-3-7-27-13-17/h3-4,6-7,9-13,16,18,28H,5,8,14-15H2,1-2H3. The summed E-state index contributed by atoms with van der Waals surface area (Å²) in [6.45, 7) is 2.81. The highest BCUT2D eigenvalue weighted by atomic mass is 35.5. The van der Waals surface area contributed by atoms with Crippen molar-refractivity contribution in [1.29, 1.82) is 0 Å². The number of nitrogens with zero attached hydrogens (tertiary/aromatic N) is 4. The number of rotatable bonds is 7. The molecule has 3 aromatic heterocycles. The van der Waals surface area contributed by atoms with Crippen LogP contribution in [0.2, 0.25) is 5.02 Å². The summed E-state index contributed by atoms with van der Waals surface area (Å²) in [4.78, 5) is 11.4. The number of fused-ring (bicyclic) bond motifs is 1. The molecular formula is C25H26ClN5O2. The lowest BCUT2D eigenvalue weighted by atomic mass is 10.1. The smallest absolute Gasteiger partial charge is 0.141 e. The van der Waals surface area contributed by atoms with Crippen LogP contribution in [0.15, 0.2) is 61.2 Å². The first-order valence-electron chi connectivity index (χ1n) is 10.9. The van der Waals surface area contributed by atoms with Gasteiger partial charge in [-0.3, -0.25) is 4.98 Å². The molecule has 4 aromatic rings. The molecule has 1 N–H and O–H groups in total. The summed E-state index contributed by atoms with van der Waals surface area (Å²) in [5, 5.41) is 4.17. The third-order valence-corrected chi connectivity index (χ3v) is 6.36. The van der Waals surface area contributed by atoms with E-state index >= 15 is 0 Å². The normalized spacial score (nSPS) is 15.8. The number of hydrogen-bond donors (Lipinski definition) is 1. The molecule has 170 valence electrons. The Morgan fingerprint density at radius 2 is 2.03 bits per heavy atom. The number of hydrogen-bond acceptors (Lipinski definition) is 6. The molecule has 7 nitrogen and oxygen atoms in total. The second kappa shape index (κ2) is 9.29. The van der Waals surface area contributed by atoms with Crippen molar-refractivity contribution in [3.05, 3.63) is 71.8 Å². The average molecular weight is 464 g/mol. The number of halogens is 1. The van der Waals surface area contributed by atoms with Crippen molar-refractivity contribution in [1.82, 2.24) is 19.7 Å². The number of nitrogens with one attached hydrogen (secondary N) is 1. The van der Waals surface area contributed by atoms with Crippen molar-refractivity contribution in [2.45, 2.75) is 19.0 Å². The highest BCUT2D eigenvalue weighted by Crippen LogP contribution is 2.38. The van der Waals surface area contributed by atoms with Crippen molar-refractivity contribution in [3.8, 4) is 22.8 Å². The molecule has 33 heavy (non-hydrogen) atoms. The molecule has 1 aliphatic heterocycles. The topological polar surface area (TPSA) is 63.9 Å². The van der Waals surface area contributed by atoms with Gasteiger partial charge in [-0.15, -0.1) is 0 Å². The molecule has 0 spiro atoms.